The third-order valence-corrected chi connectivity index (χ3v) is 5.81. The molecule has 2 aliphatic rings. The lowest BCUT2D eigenvalue weighted by molar-refractivity contribution is 0.0721. The number of ether oxygens (including phenoxy) is 1. The number of rotatable bonds is 3. The zero-order chi connectivity index (χ0) is 19.6. The number of nitrogens with zero attached hydrogens (tertiary/aromatic N) is 3. The minimum Gasteiger partial charge on any atom is -0.378 e. The van der Waals surface area contributed by atoms with Crippen molar-refractivity contribution < 1.29 is 9.53 Å². The van der Waals surface area contributed by atoms with Crippen LogP contribution < -0.4 is 4.90 Å². The van der Waals surface area contributed by atoms with Crippen molar-refractivity contribution in [3.8, 4) is 0 Å². The molecule has 5 rings (SSSR count). The number of hydrogen-bond acceptors (Lipinski definition) is 4. The molecule has 0 spiro atoms. The molecule has 6 heteroatoms. The number of carbonyl (C=O) groups is 1. The quantitative estimate of drug-likeness (QED) is 0.749. The maximum atomic E-state index is 13.6. The zero-order valence-corrected chi connectivity index (χ0v) is 16.3. The largest absolute Gasteiger partial charge is 0.378 e. The molecule has 1 atom stereocenters. The van der Waals surface area contributed by atoms with E-state index in [0.717, 1.165) is 35.7 Å². The summed E-state index contributed by atoms with van der Waals surface area (Å²) in [6.07, 6.45) is 1.73. The Morgan fingerprint density at radius 2 is 1.79 bits per heavy atom. The van der Waals surface area contributed by atoms with Gasteiger partial charge in [-0.1, -0.05) is 42.5 Å². The summed E-state index contributed by atoms with van der Waals surface area (Å²) in [4.78, 5) is 25.6. The highest BCUT2D eigenvalue weighted by molar-refractivity contribution is 6.00. The Hall–Kier alpha value is -3.12. The number of benzene rings is 2. The number of hydrogen-bond donors (Lipinski definition) is 1. The highest BCUT2D eigenvalue weighted by atomic mass is 16.5. The summed E-state index contributed by atoms with van der Waals surface area (Å²) in [7, 11) is 0. The third-order valence-electron chi connectivity index (χ3n) is 5.81. The highest BCUT2D eigenvalue weighted by Crippen LogP contribution is 2.33. The first-order valence-corrected chi connectivity index (χ1v) is 10.1. The summed E-state index contributed by atoms with van der Waals surface area (Å²) in [5.41, 5.74) is 4.99. The number of fused-ring (bicyclic) bond motifs is 1. The number of anilines is 1. The van der Waals surface area contributed by atoms with Gasteiger partial charge in [0.05, 0.1) is 43.0 Å². The van der Waals surface area contributed by atoms with Gasteiger partial charge in [0, 0.05) is 31.2 Å². The molecule has 1 N–H and O–H groups in total. The molecule has 1 saturated heterocycles. The van der Waals surface area contributed by atoms with E-state index in [1.165, 1.54) is 5.56 Å². The van der Waals surface area contributed by atoms with Crippen LogP contribution in [0, 0.1) is 0 Å². The van der Waals surface area contributed by atoms with Gasteiger partial charge in [0.15, 0.2) is 0 Å². The molecule has 1 fully saturated rings. The van der Waals surface area contributed by atoms with Gasteiger partial charge in [0.1, 0.15) is 0 Å². The predicted octanol–water partition coefficient (Wildman–Crippen LogP) is 3.03. The van der Waals surface area contributed by atoms with Crippen molar-refractivity contribution in [3.05, 3.63) is 83.4 Å². The van der Waals surface area contributed by atoms with Crippen LogP contribution in [0.1, 0.15) is 33.2 Å². The maximum Gasteiger partial charge on any atom is 0.256 e. The Bertz CT molecular complexity index is 995. The van der Waals surface area contributed by atoms with Crippen molar-refractivity contribution in [2.24, 2.45) is 0 Å². The number of carbonyl (C=O) groups excluding carboxylic acids is 1. The van der Waals surface area contributed by atoms with Gasteiger partial charge >= 0.3 is 0 Å². The summed E-state index contributed by atoms with van der Waals surface area (Å²) in [6, 6.07) is 18.2. The van der Waals surface area contributed by atoms with Crippen LogP contribution >= 0.6 is 0 Å². The molecule has 1 aromatic heterocycles. The number of H-pyrrole nitrogens is 1. The molecule has 3 heterocycles. The van der Waals surface area contributed by atoms with E-state index < -0.39 is 0 Å². The van der Waals surface area contributed by atoms with Crippen molar-refractivity contribution in [2.45, 2.75) is 12.5 Å². The lowest BCUT2D eigenvalue weighted by atomic mass is 9.90. The third kappa shape index (κ3) is 3.40. The molecule has 0 saturated carbocycles. The predicted molar refractivity (Wildman–Crippen MR) is 111 cm³/mol. The number of nitrogens with one attached hydrogen (secondary N) is 1. The van der Waals surface area contributed by atoms with Gasteiger partial charge in [0.25, 0.3) is 5.91 Å². The maximum absolute atomic E-state index is 13.6. The van der Waals surface area contributed by atoms with Crippen LogP contribution in [0.15, 0.2) is 60.9 Å². The van der Waals surface area contributed by atoms with E-state index in [1.54, 1.807) is 6.33 Å². The highest BCUT2D eigenvalue weighted by Gasteiger charge is 2.32. The Morgan fingerprint density at radius 1 is 1.03 bits per heavy atom. The van der Waals surface area contributed by atoms with Crippen molar-refractivity contribution in [3.63, 3.8) is 0 Å². The Morgan fingerprint density at radius 3 is 2.62 bits per heavy atom. The fraction of sp³-hybridized carbons (Fsp3) is 0.304. The lowest BCUT2D eigenvalue weighted by Gasteiger charge is -2.34. The second-order valence-electron chi connectivity index (χ2n) is 7.53. The van der Waals surface area contributed by atoms with Gasteiger partial charge in [-0.2, -0.15) is 0 Å². The topological polar surface area (TPSA) is 61.5 Å². The van der Waals surface area contributed by atoms with E-state index in [1.807, 2.05) is 47.4 Å². The van der Waals surface area contributed by atoms with E-state index in [0.29, 0.717) is 26.3 Å². The molecule has 3 aromatic rings. The van der Waals surface area contributed by atoms with Crippen molar-refractivity contribution in [2.75, 3.05) is 37.7 Å². The Labute approximate surface area is 170 Å². The number of imidazole rings is 1. The van der Waals surface area contributed by atoms with Gasteiger partial charge in [0.2, 0.25) is 0 Å². The van der Waals surface area contributed by atoms with Gasteiger partial charge in [-0.15, -0.1) is 0 Å². The van der Waals surface area contributed by atoms with E-state index in [2.05, 4.69) is 27.0 Å². The molecule has 0 radical (unpaired) electrons. The lowest BCUT2D eigenvalue weighted by Crippen LogP contribution is -2.41. The SMILES string of the molecule is O=C(c1ccccc1N1CCOCC1)N1Cc2[nH]cnc2C(c2ccccc2)C1. The van der Waals surface area contributed by atoms with Crippen molar-refractivity contribution in [1.82, 2.24) is 14.9 Å². The number of para-hydroxylation sites is 1. The molecule has 2 aromatic carbocycles. The normalized spacial score (nSPS) is 19.1. The zero-order valence-electron chi connectivity index (χ0n) is 16.3. The van der Waals surface area contributed by atoms with E-state index >= 15 is 0 Å². The molecular formula is C23H24N4O2. The number of aromatic nitrogens is 2. The van der Waals surface area contributed by atoms with Crippen LogP contribution in [0.5, 0.6) is 0 Å². The molecule has 0 aliphatic carbocycles. The first-order chi connectivity index (χ1) is 14.3. The molecule has 29 heavy (non-hydrogen) atoms. The van der Waals surface area contributed by atoms with E-state index in [-0.39, 0.29) is 11.8 Å². The number of morpholine rings is 1. The van der Waals surface area contributed by atoms with Crippen LogP contribution in [-0.2, 0) is 11.3 Å². The second kappa shape index (κ2) is 7.72. The van der Waals surface area contributed by atoms with Crippen LogP contribution in [-0.4, -0.2) is 53.6 Å². The molecule has 1 amide bonds. The molecule has 2 aliphatic heterocycles. The monoisotopic (exact) mass is 388 g/mol. The summed E-state index contributed by atoms with van der Waals surface area (Å²) in [5.74, 6) is 0.138. The van der Waals surface area contributed by atoms with Gasteiger partial charge in [-0.05, 0) is 17.7 Å². The fourth-order valence-corrected chi connectivity index (χ4v) is 4.33. The van der Waals surface area contributed by atoms with E-state index in [4.69, 9.17) is 4.74 Å². The molecule has 6 nitrogen and oxygen atoms in total. The molecular weight excluding hydrogens is 364 g/mol. The first-order valence-electron chi connectivity index (χ1n) is 10.1. The van der Waals surface area contributed by atoms with Crippen LogP contribution in [0.3, 0.4) is 0 Å². The van der Waals surface area contributed by atoms with Crippen LogP contribution in [0.25, 0.3) is 0 Å². The van der Waals surface area contributed by atoms with Crippen LogP contribution in [0.4, 0.5) is 5.69 Å². The standard InChI is InChI=1S/C23H24N4O2/c28-23(18-8-4-5-9-21(18)26-10-12-29-13-11-26)27-14-19(17-6-2-1-3-7-17)22-20(15-27)24-16-25-22/h1-9,16,19H,10-15H2,(H,24,25). The number of aromatic amines is 1. The summed E-state index contributed by atoms with van der Waals surface area (Å²) >= 11 is 0. The van der Waals surface area contributed by atoms with E-state index in [9.17, 15) is 4.79 Å². The van der Waals surface area contributed by atoms with Gasteiger partial charge < -0.3 is 19.5 Å². The average Bonchev–Trinajstić information content (AvgIpc) is 3.28. The minimum atomic E-state index is 0.0632. The smallest absolute Gasteiger partial charge is 0.256 e. The van der Waals surface area contributed by atoms with Gasteiger partial charge in [-0.25, -0.2) is 4.98 Å². The van der Waals surface area contributed by atoms with Crippen molar-refractivity contribution >= 4 is 11.6 Å². The van der Waals surface area contributed by atoms with Gasteiger partial charge in [-0.3, -0.25) is 4.79 Å². The average molecular weight is 388 g/mol. The molecule has 148 valence electrons. The molecule has 0 bridgehead atoms. The Kier molecular flexibility index (Phi) is 4.77. The second-order valence-corrected chi connectivity index (χ2v) is 7.53. The number of amides is 1. The summed E-state index contributed by atoms with van der Waals surface area (Å²) in [6.45, 7) is 4.18. The first kappa shape index (κ1) is 17.9. The summed E-state index contributed by atoms with van der Waals surface area (Å²) in [5, 5.41) is 0. The summed E-state index contributed by atoms with van der Waals surface area (Å²) < 4.78 is 5.48. The van der Waals surface area contributed by atoms with Crippen LogP contribution in [0.2, 0.25) is 0 Å². The Balaban J connectivity index is 1.47. The fourth-order valence-electron chi connectivity index (χ4n) is 4.33. The molecule has 1 unspecified atom stereocenters. The van der Waals surface area contributed by atoms with Crippen molar-refractivity contribution in [1.29, 1.82) is 0 Å². The minimum absolute atomic E-state index is 0.0632.